The standard InChI is InChI=1S/C12H19NO4/c14-7-8-3-4-13(6-8)11(15)9-1-2-10(5-9)12(16)17/h8-10,14H,1-7H2,(H,16,17). The summed E-state index contributed by atoms with van der Waals surface area (Å²) < 4.78 is 0. The summed E-state index contributed by atoms with van der Waals surface area (Å²) in [5.74, 6) is -0.955. The molecule has 3 unspecified atom stereocenters. The molecule has 5 heteroatoms. The average molecular weight is 241 g/mol. The van der Waals surface area contributed by atoms with Gasteiger partial charge >= 0.3 is 5.97 Å². The maximum absolute atomic E-state index is 12.1. The number of carbonyl (C=O) groups excluding carboxylic acids is 1. The zero-order valence-electron chi connectivity index (χ0n) is 9.84. The van der Waals surface area contributed by atoms with Crippen molar-refractivity contribution in [3.63, 3.8) is 0 Å². The van der Waals surface area contributed by atoms with Crippen molar-refractivity contribution in [1.82, 2.24) is 4.90 Å². The van der Waals surface area contributed by atoms with E-state index in [2.05, 4.69) is 0 Å². The zero-order valence-corrected chi connectivity index (χ0v) is 9.84. The number of aliphatic hydroxyl groups is 1. The van der Waals surface area contributed by atoms with Gasteiger partial charge in [-0.15, -0.1) is 0 Å². The highest BCUT2D eigenvalue weighted by atomic mass is 16.4. The third-order valence-electron chi connectivity index (χ3n) is 3.99. The van der Waals surface area contributed by atoms with Crippen LogP contribution in [0.4, 0.5) is 0 Å². The Hall–Kier alpha value is -1.10. The van der Waals surface area contributed by atoms with Gasteiger partial charge in [0.15, 0.2) is 0 Å². The molecule has 0 bridgehead atoms. The molecule has 0 aromatic rings. The van der Waals surface area contributed by atoms with E-state index in [0.717, 1.165) is 6.42 Å². The molecule has 1 aliphatic heterocycles. The van der Waals surface area contributed by atoms with Crippen LogP contribution in [0.1, 0.15) is 25.7 Å². The van der Waals surface area contributed by atoms with Gasteiger partial charge in [0.2, 0.25) is 5.91 Å². The number of likely N-dealkylation sites (tertiary alicyclic amines) is 1. The smallest absolute Gasteiger partial charge is 0.306 e. The van der Waals surface area contributed by atoms with Crippen molar-refractivity contribution in [2.24, 2.45) is 17.8 Å². The van der Waals surface area contributed by atoms with E-state index in [1.807, 2.05) is 0 Å². The van der Waals surface area contributed by atoms with Gasteiger partial charge in [-0.1, -0.05) is 0 Å². The Balaban J connectivity index is 1.87. The summed E-state index contributed by atoms with van der Waals surface area (Å²) in [6.45, 7) is 1.47. The van der Waals surface area contributed by atoms with Crippen LogP contribution in [0.15, 0.2) is 0 Å². The van der Waals surface area contributed by atoms with Gasteiger partial charge < -0.3 is 15.1 Å². The van der Waals surface area contributed by atoms with Crippen molar-refractivity contribution in [3.8, 4) is 0 Å². The molecule has 1 amide bonds. The van der Waals surface area contributed by atoms with Crippen molar-refractivity contribution >= 4 is 11.9 Å². The number of aliphatic hydroxyl groups excluding tert-OH is 1. The predicted octanol–water partition coefficient (Wildman–Crippen LogP) is 0.328. The molecule has 1 aliphatic carbocycles. The molecule has 1 heterocycles. The predicted molar refractivity (Wildman–Crippen MR) is 60.2 cm³/mol. The molecule has 1 saturated heterocycles. The Morgan fingerprint density at radius 2 is 1.88 bits per heavy atom. The first-order chi connectivity index (χ1) is 8.11. The number of rotatable bonds is 3. The minimum absolute atomic E-state index is 0.0877. The van der Waals surface area contributed by atoms with E-state index in [-0.39, 0.29) is 30.3 Å². The molecule has 17 heavy (non-hydrogen) atoms. The molecular formula is C12H19NO4. The SMILES string of the molecule is O=C(O)C1CCC(C(=O)N2CCC(CO)C2)C1. The van der Waals surface area contributed by atoms with Gasteiger partial charge in [0.25, 0.3) is 0 Å². The van der Waals surface area contributed by atoms with Gasteiger partial charge in [-0.2, -0.15) is 0 Å². The lowest BCUT2D eigenvalue weighted by molar-refractivity contribution is -0.141. The molecule has 2 rings (SSSR count). The van der Waals surface area contributed by atoms with E-state index in [0.29, 0.717) is 32.4 Å². The maximum Gasteiger partial charge on any atom is 0.306 e. The number of aliphatic carboxylic acids is 1. The molecule has 0 spiro atoms. The fraction of sp³-hybridized carbons (Fsp3) is 0.833. The number of amides is 1. The van der Waals surface area contributed by atoms with Crippen LogP contribution in [-0.2, 0) is 9.59 Å². The normalized spacial score (nSPS) is 33.0. The third-order valence-corrected chi connectivity index (χ3v) is 3.99. The molecule has 5 nitrogen and oxygen atoms in total. The average Bonchev–Trinajstić information content (AvgIpc) is 2.97. The lowest BCUT2D eigenvalue weighted by atomic mass is 10.0. The molecule has 0 aromatic carbocycles. The number of carboxylic acid groups (broad SMARTS) is 1. The van der Waals surface area contributed by atoms with Crippen molar-refractivity contribution < 1.29 is 19.8 Å². The highest BCUT2D eigenvalue weighted by molar-refractivity contribution is 5.81. The van der Waals surface area contributed by atoms with Gasteiger partial charge in [-0.3, -0.25) is 9.59 Å². The molecule has 0 aromatic heterocycles. The van der Waals surface area contributed by atoms with Crippen LogP contribution in [0, 0.1) is 17.8 Å². The summed E-state index contributed by atoms with van der Waals surface area (Å²) in [4.78, 5) is 24.7. The fourth-order valence-corrected chi connectivity index (χ4v) is 2.87. The van der Waals surface area contributed by atoms with Gasteiger partial charge in [-0.25, -0.2) is 0 Å². The highest BCUT2D eigenvalue weighted by Gasteiger charge is 2.37. The largest absolute Gasteiger partial charge is 0.481 e. The molecule has 2 fully saturated rings. The minimum Gasteiger partial charge on any atom is -0.481 e. The van der Waals surface area contributed by atoms with Gasteiger partial charge in [0.05, 0.1) is 5.92 Å². The van der Waals surface area contributed by atoms with Gasteiger partial charge in [-0.05, 0) is 25.7 Å². The lowest BCUT2D eigenvalue weighted by Crippen LogP contribution is -2.34. The number of nitrogens with zero attached hydrogens (tertiary/aromatic N) is 1. The molecular weight excluding hydrogens is 222 g/mol. The number of hydrogen-bond donors (Lipinski definition) is 2. The first-order valence-electron chi connectivity index (χ1n) is 6.24. The van der Waals surface area contributed by atoms with E-state index >= 15 is 0 Å². The summed E-state index contributed by atoms with van der Waals surface area (Å²) in [5.41, 5.74) is 0. The highest BCUT2D eigenvalue weighted by Crippen LogP contribution is 2.33. The van der Waals surface area contributed by atoms with E-state index in [1.165, 1.54) is 0 Å². The lowest BCUT2D eigenvalue weighted by Gasteiger charge is -2.20. The Morgan fingerprint density at radius 3 is 2.41 bits per heavy atom. The molecule has 1 saturated carbocycles. The molecule has 2 N–H and O–H groups in total. The quantitative estimate of drug-likeness (QED) is 0.746. The van der Waals surface area contributed by atoms with E-state index in [1.54, 1.807) is 4.90 Å². The second-order valence-electron chi connectivity index (χ2n) is 5.17. The minimum atomic E-state index is -0.782. The Bertz CT molecular complexity index is 318. The van der Waals surface area contributed by atoms with Gasteiger partial charge in [0, 0.05) is 31.5 Å². The Morgan fingerprint density at radius 1 is 1.18 bits per heavy atom. The first-order valence-corrected chi connectivity index (χ1v) is 6.24. The zero-order chi connectivity index (χ0) is 12.4. The van der Waals surface area contributed by atoms with Crippen LogP contribution in [0.2, 0.25) is 0 Å². The fourth-order valence-electron chi connectivity index (χ4n) is 2.87. The summed E-state index contributed by atoms with van der Waals surface area (Å²) in [7, 11) is 0. The molecule has 3 atom stereocenters. The summed E-state index contributed by atoms with van der Waals surface area (Å²) >= 11 is 0. The van der Waals surface area contributed by atoms with E-state index in [9.17, 15) is 9.59 Å². The second-order valence-corrected chi connectivity index (χ2v) is 5.17. The van der Waals surface area contributed by atoms with Crippen LogP contribution in [0.3, 0.4) is 0 Å². The monoisotopic (exact) mass is 241 g/mol. The van der Waals surface area contributed by atoms with E-state index in [4.69, 9.17) is 10.2 Å². The van der Waals surface area contributed by atoms with Crippen LogP contribution >= 0.6 is 0 Å². The topological polar surface area (TPSA) is 77.8 Å². The number of carboxylic acids is 1. The third kappa shape index (κ3) is 2.60. The van der Waals surface area contributed by atoms with Crippen molar-refractivity contribution in [2.45, 2.75) is 25.7 Å². The number of hydrogen-bond acceptors (Lipinski definition) is 3. The molecule has 0 radical (unpaired) electrons. The van der Waals surface area contributed by atoms with E-state index < -0.39 is 5.97 Å². The van der Waals surface area contributed by atoms with Crippen molar-refractivity contribution in [2.75, 3.05) is 19.7 Å². The summed E-state index contributed by atoms with van der Waals surface area (Å²) in [6, 6.07) is 0. The summed E-state index contributed by atoms with van der Waals surface area (Å²) in [6.07, 6.45) is 2.64. The maximum atomic E-state index is 12.1. The van der Waals surface area contributed by atoms with Crippen LogP contribution in [0.25, 0.3) is 0 Å². The van der Waals surface area contributed by atoms with Crippen molar-refractivity contribution in [3.05, 3.63) is 0 Å². The Kier molecular flexibility index (Phi) is 3.66. The second kappa shape index (κ2) is 5.04. The Labute approximate surface area is 100 Å². The molecule has 2 aliphatic rings. The van der Waals surface area contributed by atoms with Crippen LogP contribution in [0.5, 0.6) is 0 Å². The summed E-state index contributed by atoms with van der Waals surface area (Å²) in [5, 5.41) is 17.9. The van der Waals surface area contributed by atoms with Crippen LogP contribution < -0.4 is 0 Å². The molecule has 96 valence electrons. The van der Waals surface area contributed by atoms with Crippen LogP contribution in [-0.4, -0.2) is 46.7 Å². The van der Waals surface area contributed by atoms with Gasteiger partial charge in [0.1, 0.15) is 0 Å². The van der Waals surface area contributed by atoms with Crippen molar-refractivity contribution in [1.29, 1.82) is 0 Å². The number of carbonyl (C=O) groups is 2. The first kappa shape index (κ1) is 12.4.